The summed E-state index contributed by atoms with van der Waals surface area (Å²) in [4.78, 5) is 0. The SMILES string of the molecule is CCC(NCC1(O)CCS(=O)(=O)C1)c1cccc(Cl)c1. The maximum Gasteiger partial charge on any atom is 0.153 e. The molecule has 20 heavy (non-hydrogen) atoms. The lowest BCUT2D eigenvalue weighted by atomic mass is 10.0. The Morgan fingerprint density at radius 1 is 1.50 bits per heavy atom. The van der Waals surface area contributed by atoms with E-state index < -0.39 is 15.4 Å². The van der Waals surface area contributed by atoms with E-state index in [0.717, 1.165) is 12.0 Å². The van der Waals surface area contributed by atoms with Crippen LogP contribution < -0.4 is 5.32 Å². The number of benzene rings is 1. The molecule has 1 heterocycles. The molecule has 1 aliphatic heterocycles. The van der Waals surface area contributed by atoms with E-state index in [4.69, 9.17) is 11.6 Å². The van der Waals surface area contributed by atoms with E-state index in [1.54, 1.807) is 0 Å². The first-order chi connectivity index (χ1) is 9.34. The molecular weight excluding hydrogens is 298 g/mol. The van der Waals surface area contributed by atoms with Gasteiger partial charge in [0.05, 0.1) is 17.1 Å². The molecule has 0 aromatic heterocycles. The van der Waals surface area contributed by atoms with Crippen molar-refractivity contribution < 1.29 is 13.5 Å². The quantitative estimate of drug-likeness (QED) is 0.871. The number of halogens is 1. The van der Waals surface area contributed by atoms with E-state index in [1.807, 2.05) is 31.2 Å². The predicted octanol–water partition coefficient (Wildman–Crippen LogP) is 1.93. The fourth-order valence-corrected chi connectivity index (χ4v) is 4.67. The van der Waals surface area contributed by atoms with Crippen LogP contribution in [-0.4, -0.2) is 37.2 Å². The molecule has 0 amide bonds. The number of hydrogen-bond acceptors (Lipinski definition) is 4. The van der Waals surface area contributed by atoms with E-state index in [1.165, 1.54) is 0 Å². The van der Waals surface area contributed by atoms with Crippen LogP contribution in [0, 0.1) is 0 Å². The summed E-state index contributed by atoms with van der Waals surface area (Å²) in [6.07, 6.45) is 1.14. The summed E-state index contributed by atoms with van der Waals surface area (Å²) in [6, 6.07) is 7.62. The van der Waals surface area contributed by atoms with E-state index >= 15 is 0 Å². The second-order valence-electron chi connectivity index (χ2n) is 5.46. The van der Waals surface area contributed by atoms with Crippen LogP contribution in [0.2, 0.25) is 5.02 Å². The molecule has 0 radical (unpaired) electrons. The van der Waals surface area contributed by atoms with E-state index in [9.17, 15) is 13.5 Å². The summed E-state index contributed by atoms with van der Waals surface area (Å²) in [6.45, 7) is 2.31. The van der Waals surface area contributed by atoms with Gasteiger partial charge in [-0.15, -0.1) is 0 Å². The van der Waals surface area contributed by atoms with Crippen molar-refractivity contribution in [3.8, 4) is 0 Å². The lowest BCUT2D eigenvalue weighted by molar-refractivity contribution is 0.0639. The maximum absolute atomic E-state index is 11.5. The molecule has 1 aromatic carbocycles. The molecule has 4 nitrogen and oxygen atoms in total. The third-order valence-electron chi connectivity index (χ3n) is 3.70. The van der Waals surface area contributed by atoms with E-state index in [2.05, 4.69) is 5.32 Å². The third kappa shape index (κ3) is 3.95. The highest BCUT2D eigenvalue weighted by atomic mass is 35.5. The minimum Gasteiger partial charge on any atom is -0.387 e. The number of nitrogens with one attached hydrogen (secondary N) is 1. The van der Waals surface area contributed by atoms with Crippen molar-refractivity contribution in [3.05, 3.63) is 34.9 Å². The van der Waals surface area contributed by atoms with Crippen molar-refractivity contribution in [1.29, 1.82) is 0 Å². The second kappa shape index (κ2) is 6.02. The monoisotopic (exact) mass is 317 g/mol. The average Bonchev–Trinajstić information content (AvgIpc) is 2.65. The Morgan fingerprint density at radius 2 is 2.25 bits per heavy atom. The highest BCUT2D eigenvalue weighted by Gasteiger charge is 2.40. The number of rotatable bonds is 5. The molecule has 1 aromatic rings. The molecule has 0 spiro atoms. The first-order valence-electron chi connectivity index (χ1n) is 6.75. The molecule has 2 N–H and O–H groups in total. The van der Waals surface area contributed by atoms with Crippen LogP contribution >= 0.6 is 11.6 Å². The fraction of sp³-hybridized carbons (Fsp3) is 0.571. The van der Waals surface area contributed by atoms with Crippen molar-refractivity contribution in [2.24, 2.45) is 0 Å². The van der Waals surface area contributed by atoms with Gasteiger partial charge in [-0.1, -0.05) is 30.7 Å². The van der Waals surface area contributed by atoms with E-state index in [0.29, 0.717) is 11.4 Å². The molecule has 0 saturated carbocycles. The van der Waals surface area contributed by atoms with Gasteiger partial charge < -0.3 is 10.4 Å². The molecule has 112 valence electrons. The summed E-state index contributed by atoms with van der Waals surface area (Å²) >= 11 is 5.98. The average molecular weight is 318 g/mol. The first-order valence-corrected chi connectivity index (χ1v) is 8.95. The smallest absolute Gasteiger partial charge is 0.153 e. The molecule has 2 unspecified atom stereocenters. The van der Waals surface area contributed by atoms with Crippen molar-refractivity contribution in [2.75, 3.05) is 18.1 Å². The zero-order valence-electron chi connectivity index (χ0n) is 11.5. The van der Waals surface area contributed by atoms with Crippen molar-refractivity contribution in [1.82, 2.24) is 5.32 Å². The van der Waals surface area contributed by atoms with E-state index in [-0.39, 0.29) is 24.1 Å². The van der Waals surface area contributed by atoms with Crippen molar-refractivity contribution >= 4 is 21.4 Å². The standard InChI is InChI=1S/C14H20ClNO3S/c1-2-13(11-4-3-5-12(15)8-11)16-9-14(17)6-7-20(18,19)10-14/h3-5,8,13,16-17H,2,6-7,9-10H2,1H3. The van der Waals surface area contributed by atoms with Gasteiger partial charge in [-0.05, 0) is 30.5 Å². The Bertz CT molecular complexity index is 576. The largest absolute Gasteiger partial charge is 0.387 e. The summed E-state index contributed by atoms with van der Waals surface area (Å²) in [5, 5.41) is 14.2. The minimum absolute atomic E-state index is 0.0565. The Morgan fingerprint density at radius 3 is 2.80 bits per heavy atom. The van der Waals surface area contributed by atoms with Gasteiger partial charge in [-0.2, -0.15) is 0 Å². The van der Waals surface area contributed by atoms with Crippen LogP contribution in [0.5, 0.6) is 0 Å². The topological polar surface area (TPSA) is 66.4 Å². The third-order valence-corrected chi connectivity index (χ3v) is 5.74. The molecule has 0 bridgehead atoms. The molecule has 1 aliphatic rings. The zero-order chi connectivity index (χ0) is 14.8. The summed E-state index contributed by atoms with van der Waals surface area (Å²) < 4.78 is 22.9. The molecular formula is C14H20ClNO3S. The lowest BCUT2D eigenvalue weighted by Gasteiger charge is -2.25. The van der Waals surface area contributed by atoms with Gasteiger partial charge in [-0.3, -0.25) is 0 Å². The zero-order valence-corrected chi connectivity index (χ0v) is 13.0. The Kier molecular flexibility index (Phi) is 4.74. The number of hydrogen-bond donors (Lipinski definition) is 2. The lowest BCUT2D eigenvalue weighted by Crippen LogP contribution is -2.42. The Labute approximate surface area is 125 Å². The first kappa shape index (κ1) is 15.8. The molecule has 1 saturated heterocycles. The molecule has 0 aliphatic carbocycles. The highest BCUT2D eigenvalue weighted by Crippen LogP contribution is 2.25. The van der Waals surface area contributed by atoms with Gasteiger partial charge in [-0.25, -0.2) is 8.42 Å². The molecule has 2 atom stereocenters. The predicted molar refractivity (Wildman–Crippen MR) is 80.7 cm³/mol. The van der Waals surface area contributed by atoms with Crippen LogP contribution in [-0.2, 0) is 9.84 Å². The number of sulfone groups is 1. The van der Waals surface area contributed by atoms with Gasteiger partial charge >= 0.3 is 0 Å². The van der Waals surface area contributed by atoms with Crippen LogP contribution in [0.4, 0.5) is 0 Å². The van der Waals surface area contributed by atoms with Crippen LogP contribution in [0.15, 0.2) is 24.3 Å². The van der Waals surface area contributed by atoms with Gasteiger partial charge in [0.15, 0.2) is 9.84 Å². The normalized spacial score (nSPS) is 26.6. The van der Waals surface area contributed by atoms with Gasteiger partial charge in [0, 0.05) is 17.6 Å². The van der Waals surface area contributed by atoms with Gasteiger partial charge in [0.25, 0.3) is 0 Å². The van der Waals surface area contributed by atoms with Crippen molar-refractivity contribution in [3.63, 3.8) is 0 Å². The summed E-state index contributed by atoms with van der Waals surface area (Å²) in [7, 11) is -3.09. The number of aliphatic hydroxyl groups is 1. The fourth-order valence-electron chi connectivity index (χ4n) is 2.57. The van der Waals surface area contributed by atoms with Gasteiger partial charge in [0.2, 0.25) is 0 Å². The van der Waals surface area contributed by atoms with Crippen LogP contribution in [0.3, 0.4) is 0 Å². The summed E-state index contributed by atoms with van der Waals surface area (Å²) in [5.74, 6) is -0.0852. The van der Waals surface area contributed by atoms with Crippen LogP contribution in [0.1, 0.15) is 31.4 Å². The minimum atomic E-state index is -3.09. The van der Waals surface area contributed by atoms with Crippen molar-refractivity contribution in [2.45, 2.75) is 31.4 Å². The second-order valence-corrected chi connectivity index (χ2v) is 8.08. The van der Waals surface area contributed by atoms with Crippen LogP contribution in [0.25, 0.3) is 0 Å². The Hall–Kier alpha value is -0.620. The maximum atomic E-state index is 11.5. The highest BCUT2D eigenvalue weighted by molar-refractivity contribution is 7.91. The Balaban J connectivity index is 2.01. The molecule has 1 fully saturated rings. The molecule has 6 heteroatoms. The van der Waals surface area contributed by atoms with Gasteiger partial charge in [0.1, 0.15) is 0 Å². The summed E-state index contributed by atoms with van der Waals surface area (Å²) in [5.41, 5.74) is -0.102. The molecule has 2 rings (SSSR count).